The highest BCUT2D eigenvalue weighted by molar-refractivity contribution is 5.83. The third-order valence-electron chi connectivity index (χ3n) is 7.20. The Kier molecular flexibility index (Phi) is 3.47. The molecule has 1 saturated heterocycles. The Balaban J connectivity index is 1.28. The van der Waals surface area contributed by atoms with Crippen LogP contribution in [-0.4, -0.2) is 42.2 Å². The molecule has 0 atom stereocenters. The van der Waals surface area contributed by atoms with Gasteiger partial charge in [-0.2, -0.15) is 0 Å². The molecule has 4 aliphatic carbocycles. The zero-order chi connectivity index (χ0) is 17.0. The fourth-order valence-electron chi connectivity index (χ4n) is 6.52. The van der Waals surface area contributed by atoms with Crippen LogP contribution >= 0.6 is 0 Å². The van der Waals surface area contributed by atoms with E-state index in [0.717, 1.165) is 69.0 Å². The van der Waals surface area contributed by atoms with Crippen LogP contribution in [0.5, 0.6) is 0 Å². The molecule has 1 aromatic heterocycles. The minimum atomic E-state index is -0.0272. The van der Waals surface area contributed by atoms with Crippen molar-refractivity contribution in [2.75, 3.05) is 31.1 Å². The van der Waals surface area contributed by atoms with Gasteiger partial charge in [0.25, 0.3) is 0 Å². The number of aromatic nitrogens is 1. The molecule has 134 valence electrons. The van der Waals surface area contributed by atoms with Gasteiger partial charge in [0, 0.05) is 6.07 Å². The summed E-state index contributed by atoms with van der Waals surface area (Å²) in [5.41, 5.74) is -0.0272. The fraction of sp³-hybridized carbons (Fsp3) is 0.700. The van der Waals surface area contributed by atoms with Gasteiger partial charge < -0.3 is 10.1 Å². The lowest BCUT2D eigenvalue weighted by Crippen LogP contribution is -2.59. The van der Waals surface area contributed by atoms with Crippen LogP contribution in [0.3, 0.4) is 0 Å². The maximum Gasteiger partial charge on any atom is 0.316 e. The molecule has 1 aliphatic heterocycles. The number of carbonyl (C=O) groups excluding carboxylic acids is 1. The summed E-state index contributed by atoms with van der Waals surface area (Å²) in [5.74, 6) is 3.69. The van der Waals surface area contributed by atoms with E-state index >= 15 is 0 Å². The first-order chi connectivity index (χ1) is 12.1. The Morgan fingerprint density at radius 3 is 2.16 bits per heavy atom. The average Bonchev–Trinajstić information content (AvgIpc) is 2.61. The molecule has 0 unspecified atom stereocenters. The van der Waals surface area contributed by atoms with Gasteiger partial charge in [0.15, 0.2) is 0 Å². The number of nitrogens with zero attached hydrogens (tertiary/aromatic N) is 3. The van der Waals surface area contributed by atoms with E-state index in [4.69, 9.17) is 0 Å². The second kappa shape index (κ2) is 5.61. The number of pyridine rings is 1. The predicted octanol–water partition coefficient (Wildman–Crippen LogP) is 2.08. The van der Waals surface area contributed by atoms with Crippen LogP contribution in [0.4, 0.5) is 5.82 Å². The first kappa shape index (κ1) is 15.5. The SMILES string of the molecule is O=C(N1CCN(c2cccc[n+]2O)CC1)C12CC3CC(CC(C3)C1)C2. The Hall–Kier alpha value is -1.78. The Morgan fingerprint density at radius 2 is 1.60 bits per heavy atom. The molecular formula is C20H28N3O2+. The first-order valence-corrected chi connectivity index (χ1v) is 9.87. The molecule has 4 saturated carbocycles. The molecule has 5 aliphatic rings. The molecule has 1 N–H and O–H groups in total. The smallest absolute Gasteiger partial charge is 0.316 e. The molecule has 2 heterocycles. The van der Waals surface area contributed by atoms with E-state index < -0.39 is 0 Å². The lowest BCUT2D eigenvalue weighted by molar-refractivity contribution is -0.894. The van der Waals surface area contributed by atoms with Crippen LogP contribution in [-0.2, 0) is 4.79 Å². The number of hydrogen-bond donors (Lipinski definition) is 1. The van der Waals surface area contributed by atoms with Crippen molar-refractivity contribution in [3.8, 4) is 0 Å². The van der Waals surface area contributed by atoms with Crippen molar-refractivity contribution in [2.45, 2.75) is 38.5 Å². The Labute approximate surface area is 149 Å². The van der Waals surface area contributed by atoms with Crippen molar-refractivity contribution in [3.05, 3.63) is 24.4 Å². The topological polar surface area (TPSA) is 47.7 Å². The van der Waals surface area contributed by atoms with Crippen molar-refractivity contribution in [3.63, 3.8) is 0 Å². The molecule has 6 rings (SSSR count). The highest BCUT2D eigenvalue weighted by atomic mass is 16.5. The van der Waals surface area contributed by atoms with Crippen molar-refractivity contribution in [2.24, 2.45) is 23.2 Å². The summed E-state index contributed by atoms with van der Waals surface area (Å²) >= 11 is 0. The summed E-state index contributed by atoms with van der Waals surface area (Å²) in [5, 5.41) is 9.99. The van der Waals surface area contributed by atoms with Crippen LogP contribution < -0.4 is 9.63 Å². The van der Waals surface area contributed by atoms with Gasteiger partial charge in [-0.15, -0.1) is 0 Å². The maximum atomic E-state index is 13.4. The van der Waals surface area contributed by atoms with E-state index in [2.05, 4.69) is 9.80 Å². The van der Waals surface area contributed by atoms with Crippen LogP contribution in [0, 0.1) is 23.2 Å². The van der Waals surface area contributed by atoms with Gasteiger partial charge in [0.2, 0.25) is 5.91 Å². The second-order valence-corrected chi connectivity index (χ2v) is 8.88. The highest BCUT2D eigenvalue weighted by Gasteiger charge is 2.55. The molecule has 25 heavy (non-hydrogen) atoms. The predicted molar refractivity (Wildman–Crippen MR) is 93.2 cm³/mol. The normalized spacial score (nSPS) is 36.7. The molecule has 0 radical (unpaired) electrons. The molecule has 5 heteroatoms. The third kappa shape index (κ3) is 2.51. The summed E-state index contributed by atoms with van der Waals surface area (Å²) in [6.45, 7) is 3.14. The van der Waals surface area contributed by atoms with E-state index in [1.54, 1.807) is 6.20 Å². The summed E-state index contributed by atoms with van der Waals surface area (Å²) in [4.78, 5) is 17.7. The van der Waals surface area contributed by atoms with Gasteiger partial charge in [-0.1, -0.05) is 10.8 Å². The number of rotatable bonds is 2. The molecule has 5 nitrogen and oxygen atoms in total. The van der Waals surface area contributed by atoms with Crippen molar-refractivity contribution in [1.29, 1.82) is 0 Å². The monoisotopic (exact) mass is 342 g/mol. The summed E-state index contributed by atoms with van der Waals surface area (Å²) in [6, 6.07) is 5.68. The highest BCUT2D eigenvalue weighted by Crippen LogP contribution is 2.60. The second-order valence-electron chi connectivity index (χ2n) is 8.88. The number of amides is 1. The fourth-order valence-corrected chi connectivity index (χ4v) is 6.52. The van der Waals surface area contributed by atoms with Crippen molar-refractivity contribution < 1.29 is 14.7 Å². The van der Waals surface area contributed by atoms with Crippen LogP contribution in [0.15, 0.2) is 24.4 Å². The van der Waals surface area contributed by atoms with E-state index in [1.807, 2.05) is 18.2 Å². The van der Waals surface area contributed by atoms with Gasteiger partial charge in [-0.05, 0) is 62.3 Å². The lowest BCUT2D eigenvalue weighted by atomic mass is 9.49. The van der Waals surface area contributed by atoms with Crippen LogP contribution in [0.2, 0.25) is 0 Å². The summed E-state index contributed by atoms with van der Waals surface area (Å²) in [6.07, 6.45) is 9.23. The summed E-state index contributed by atoms with van der Waals surface area (Å²) < 4.78 is 1.18. The molecule has 0 aromatic carbocycles. The Bertz CT molecular complexity index is 646. The zero-order valence-corrected chi connectivity index (χ0v) is 14.8. The average molecular weight is 342 g/mol. The number of carbonyl (C=O) groups is 1. The van der Waals surface area contributed by atoms with Crippen molar-refractivity contribution in [1.82, 2.24) is 4.90 Å². The van der Waals surface area contributed by atoms with Crippen molar-refractivity contribution >= 4 is 11.7 Å². The zero-order valence-electron chi connectivity index (χ0n) is 14.8. The standard InChI is InChI=1S/C20H28N3O2/c24-19(20-12-15-9-16(13-20)11-17(10-15)14-20)22-7-5-21(6-8-22)18-3-1-2-4-23(18)25/h1-4,15-17,25H,5-14H2/q+1. The van der Waals surface area contributed by atoms with Crippen LogP contribution in [0.1, 0.15) is 38.5 Å². The van der Waals surface area contributed by atoms with Gasteiger partial charge in [-0.3, -0.25) is 9.69 Å². The maximum absolute atomic E-state index is 13.4. The number of anilines is 1. The minimum absolute atomic E-state index is 0.0272. The largest absolute Gasteiger partial charge is 0.350 e. The van der Waals surface area contributed by atoms with E-state index in [-0.39, 0.29) is 5.41 Å². The summed E-state index contributed by atoms with van der Waals surface area (Å²) in [7, 11) is 0. The molecule has 5 fully saturated rings. The molecule has 4 bridgehead atoms. The lowest BCUT2D eigenvalue weighted by Gasteiger charge is -2.56. The van der Waals surface area contributed by atoms with Gasteiger partial charge in [0.1, 0.15) is 19.3 Å². The van der Waals surface area contributed by atoms with E-state index in [0.29, 0.717) is 5.91 Å². The molecule has 0 spiro atoms. The van der Waals surface area contributed by atoms with Gasteiger partial charge >= 0.3 is 5.82 Å². The number of piperazine rings is 1. The van der Waals surface area contributed by atoms with E-state index in [9.17, 15) is 10.0 Å². The minimum Gasteiger partial charge on any atom is -0.350 e. The number of hydrogen-bond acceptors (Lipinski definition) is 3. The molecular weight excluding hydrogens is 314 g/mol. The Morgan fingerprint density at radius 1 is 1.00 bits per heavy atom. The van der Waals surface area contributed by atoms with Crippen LogP contribution in [0.25, 0.3) is 0 Å². The van der Waals surface area contributed by atoms with Gasteiger partial charge in [0.05, 0.1) is 18.5 Å². The first-order valence-electron chi connectivity index (χ1n) is 9.87. The quantitative estimate of drug-likeness (QED) is 0.661. The van der Waals surface area contributed by atoms with E-state index in [1.165, 1.54) is 24.0 Å². The third-order valence-corrected chi connectivity index (χ3v) is 7.20. The van der Waals surface area contributed by atoms with Gasteiger partial charge in [-0.25, -0.2) is 0 Å². The molecule has 1 amide bonds. The molecule has 1 aromatic rings.